The Morgan fingerprint density at radius 3 is 1.17 bits per heavy atom. The van der Waals surface area contributed by atoms with E-state index in [1.807, 2.05) is 10.8 Å². The molecule has 8 fully saturated rings. The molecule has 0 heterocycles. The molecule has 11 rings (SSSR count). The lowest BCUT2D eigenvalue weighted by Gasteiger charge is -2.62. The topological polar surface area (TPSA) is 0 Å². The summed E-state index contributed by atoms with van der Waals surface area (Å²) >= 11 is 0. The highest BCUT2D eigenvalue weighted by Crippen LogP contribution is 2.72. The van der Waals surface area contributed by atoms with Gasteiger partial charge in [0.15, 0.2) is 0 Å². The number of benzene rings is 3. The first-order valence-electron chi connectivity index (χ1n) is 21.6. The fourth-order valence-corrected chi connectivity index (χ4v) is 26.5. The second kappa shape index (κ2) is 13.9. The van der Waals surface area contributed by atoms with Crippen molar-refractivity contribution in [2.24, 2.45) is 47.3 Å². The summed E-state index contributed by atoms with van der Waals surface area (Å²) in [7, 11) is -3.70. The van der Waals surface area contributed by atoms with Crippen LogP contribution >= 0.6 is 15.8 Å². The van der Waals surface area contributed by atoms with Gasteiger partial charge in [-0.3, -0.25) is 0 Å². The van der Waals surface area contributed by atoms with Gasteiger partial charge in [-0.15, -0.1) is 0 Å². The predicted octanol–water partition coefficient (Wildman–Crippen LogP) is 11.7. The highest BCUT2D eigenvalue weighted by Gasteiger charge is 2.56. The van der Waals surface area contributed by atoms with Crippen molar-refractivity contribution in [3.63, 3.8) is 0 Å². The minimum Gasteiger partial charge on any atom is -0.0947 e. The second-order valence-corrected chi connectivity index (χ2v) is 36.1. The molecule has 3 aromatic rings. The van der Waals surface area contributed by atoms with Crippen LogP contribution in [0.4, 0.5) is 0 Å². The van der Waals surface area contributed by atoms with Crippen molar-refractivity contribution in [3.05, 3.63) is 82.9 Å². The van der Waals surface area contributed by atoms with Gasteiger partial charge in [-0.2, -0.15) is 0 Å². The first kappa shape index (κ1) is 36.6. The smallest absolute Gasteiger partial charge is 0.0774 e. The van der Waals surface area contributed by atoms with E-state index < -0.39 is 24.1 Å². The SMILES string of the molecule is Cc1ccccc1P(Cc1cc([Si](C)(C)C)c([Si](C)(C)C)cc1CP(C1C2CC3CC(C2)CC1C3)C1C2CC3CC(C2)CC1C3)c1ccccc1C. The molecule has 3 aromatic carbocycles. The lowest BCUT2D eigenvalue weighted by Crippen LogP contribution is -2.56. The van der Waals surface area contributed by atoms with E-state index >= 15 is 0 Å². The maximum atomic E-state index is 2.94. The fourth-order valence-electron chi connectivity index (χ4n) is 13.9. The van der Waals surface area contributed by atoms with Crippen LogP contribution in [0, 0.1) is 61.2 Å². The Labute approximate surface area is 322 Å². The molecular formula is C48H68P2Si2. The summed E-state index contributed by atoms with van der Waals surface area (Å²) in [6.45, 7) is 20.6. The summed E-state index contributed by atoms with van der Waals surface area (Å²) in [5.41, 5.74) is 8.66. The van der Waals surface area contributed by atoms with Gasteiger partial charge in [0.05, 0.1) is 16.1 Å². The molecule has 0 radical (unpaired) electrons. The lowest BCUT2D eigenvalue weighted by molar-refractivity contribution is 0.0129. The number of hydrogen-bond acceptors (Lipinski definition) is 0. The van der Waals surface area contributed by atoms with Crippen LogP contribution in [0.15, 0.2) is 60.7 Å². The van der Waals surface area contributed by atoms with E-state index in [1.54, 1.807) is 85.6 Å². The van der Waals surface area contributed by atoms with Crippen molar-refractivity contribution in [1.29, 1.82) is 0 Å². The first-order chi connectivity index (χ1) is 24.8. The summed E-state index contributed by atoms with van der Waals surface area (Å²) in [6.07, 6.45) is 18.6. The van der Waals surface area contributed by atoms with Gasteiger partial charge in [-0.25, -0.2) is 0 Å². The van der Waals surface area contributed by atoms with E-state index in [4.69, 9.17) is 0 Å². The third kappa shape index (κ3) is 6.77. The predicted molar refractivity (Wildman–Crippen MR) is 237 cm³/mol. The molecule has 0 atom stereocenters. The third-order valence-corrected chi connectivity index (χ3v) is 26.6. The summed E-state index contributed by atoms with van der Waals surface area (Å²) in [4.78, 5) is 0. The molecular weight excluding hydrogens is 695 g/mol. The van der Waals surface area contributed by atoms with Crippen LogP contribution in [-0.2, 0) is 12.3 Å². The first-order valence-corrected chi connectivity index (χ1v) is 31.8. The molecule has 8 aliphatic rings. The van der Waals surface area contributed by atoms with Gasteiger partial charge >= 0.3 is 0 Å². The summed E-state index contributed by atoms with van der Waals surface area (Å²) in [6, 6.07) is 24.7. The third-order valence-electron chi connectivity index (χ3n) is 15.6. The summed E-state index contributed by atoms with van der Waals surface area (Å²) in [5, 5.41) is 6.83. The maximum absolute atomic E-state index is 2.94. The van der Waals surface area contributed by atoms with Crippen LogP contribution in [-0.4, -0.2) is 27.5 Å². The molecule has 52 heavy (non-hydrogen) atoms. The van der Waals surface area contributed by atoms with Gasteiger partial charge in [-0.1, -0.05) is 118 Å². The Morgan fingerprint density at radius 2 is 0.827 bits per heavy atom. The van der Waals surface area contributed by atoms with Gasteiger partial charge in [0.1, 0.15) is 0 Å². The molecule has 278 valence electrons. The Hall–Kier alpha value is -1.05. The number of aryl methyl sites for hydroxylation is 2. The van der Waals surface area contributed by atoms with Gasteiger partial charge in [0, 0.05) is 6.16 Å². The van der Waals surface area contributed by atoms with Crippen LogP contribution in [0.3, 0.4) is 0 Å². The molecule has 0 nitrogen and oxygen atoms in total. The van der Waals surface area contributed by atoms with E-state index in [9.17, 15) is 0 Å². The number of hydrogen-bond donors (Lipinski definition) is 0. The van der Waals surface area contributed by atoms with Crippen LogP contribution in [0.5, 0.6) is 0 Å². The zero-order valence-corrected chi connectivity index (χ0v) is 37.7. The molecule has 0 N–H and O–H groups in total. The highest BCUT2D eigenvalue weighted by molar-refractivity contribution is 7.72. The Bertz CT molecular complexity index is 1650. The molecule has 0 spiro atoms. The summed E-state index contributed by atoms with van der Waals surface area (Å²) < 4.78 is 0. The standard InChI is InChI=1S/C48H68P2Si2/c1-31-13-9-11-15-43(31)49(44-16-12-10-14-32(44)2)29-41-27-45(51(3,4)5)46(52(6,7)8)28-42(41)30-50(47-37-19-33-17-34(21-37)22-38(47)20-33)48-39-23-35-18-36(25-39)26-40(48)24-35/h9-16,27-28,33-40,47-48H,17-26,29-30H2,1-8H3. The van der Waals surface area contributed by atoms with E-state index in [0.29, 0.717) is 0 Å². The fraction of sp³-hybridized carbons (Fsp3) is 0.625. The van der Waals surface area contributed by atoms with Crippen LogP contribution in [0.1, 0.15) is 86.5 Å². The van der Waals surface area contributed by atoms with E-state index in [1.165, 1.54) is 23.5 Å². The van der Waals surface area contributed by atoms with Crippen molar-refractivity contribution in [2.45, 2.75) is 141 Å². The maximum Gasteiger partial charge on any atom is 0.0774 e. The van der Waals surface area contributed by atoms with Crippen molar-refractivity contribution in [2.75, 3.05) is 0 Å². The average molecular weight is 763 g/mol. The lowest BCUT2D eigenvalue weighted by atomic mass is 9.55. The minimum atomic E-state index is -1.57. The van der Waals surface area contributed by atoms with E-state index in [0.717, 1.165) is 58.7 Å². The van der Waals surface area contributed by atoms with Crippen LogP contribution in [0.25, 0.3) is 0 Å². The molecule has 0 amide bonds. The van der Waals surface area contributed by atoms with Gasteiger partial charge in [0.25, 0.3) is 0 Å². The van der Waals surface area contributed by atoms with Crippen molar-refractivity contribution in [3.8, 4) is 0 Å². The molecule has 0 saturated heterocycles. The second-order valence-electron chi connectivity index (χ2n) is 21.3. The van der Waals surface area contributed by atoms with E-state index in [-0.39, 0.29) is 7.92 Å². The van der Waals surface area contributed by atoms with Gasteiger partial charge in [0.2, 0.25) is 0 Å². The molecule has 0 unspecified atom stereocenters. The van der Waals surface area contributed by atoms with Crippen molar-refractivity contribution < 1.29 is 0 Å². The van der Waals surface area contributed by atoms with Gasteiger partial charge in [-0.05, 0) is 184 Å². The average Bonchev–Trinajstić information content (AvgIpc) is 3.06. The Kier molecular flexibility index (Phi) is 9.75. The molecule has 8 saturated carbocycles. The minimum absolute atomic E-state index is 0.0509. The zero-order valence-electron chi connectivity index (χ0n) is 33.9. The van der Waals surface area contributed by atoms with Crippen molar-refractivity contribution >= 4 is 53.0 Å². The summed E-state index contributed by atoms with van der Waals surface area (Å²) in [5.74, 6) is 8.51. The highest BCUT2D eigenvalue weighted by atomic mass is 31.1. The molecule has 4 heteroatoms. The number of rotatable bonds is 10. The molecule has 8 bridgehead atoms. The normalized spacial score (nSPS) is 34.0. The Balaban J connectivity index is 1.20. The van der Waals surface area contributed by atoms with Crippen LogP contribution < -0.4 is 21.0 Å². The Morgan fingerprint density at radius 1 is 0.481 bits per heavy atom. The van der Waals surface area contributed by atoms with E-state index in [2.05, 4.69) is 114 Å². The molecule has 0 aromatic heterocycles. The molecule has 8 aliphatic carbocycles. The quantitative estimate of drug-likeness (QED) is 0.143. The van der Waals surface area contributed by atoms with Crippen molar-refractivity contribution in [1.82, 2.24) is 0 Å². The molecule has 0 aliphatic heterocycles. The van der Waals surface area contributed by atoms with Crippen LogP contribution in [0.2, 0.25) is 39.3 Å². The zero-order chi connectivity index (χ0) is 36.1. The monoisotopic (exact) mass is 762 g/mol. The van der Waals surface area contributed by atoms with Gasteiger partial charge < -0.3 is 0 Å². The largest absolute Gasteiger partial charge is 0.0947 e.